The molecule has 1 N–H and O–H groups in total. The van der Waals surface area contributed by atoms with Gasteiger partial charge in [-0.25, -0.2) is 4.79 Å². The maximum Gasteiger partial charge on any atom is 0.414 e. The number of aromatic carboxylic acids is 1. The Hall–Kier alpha value is -1.08. The summed E-state index contributed by atoms with van der Waals surface area (Å²) in [6.45, 7) is 0.667. The van der Waals surface area contributed by atoms with Crippen molar-refractivity contribution < 1.29 is 27.8 Å². The van der Waals surface area contributed by atoms with Crippen LogP contribution in [-0.2, 0) is 11.3 Å². The largest absolute Gasteiger partial charge is 0.478 e. The Balaban J connectivity index is 2.72. The van der Waals surface area contributed by atoms with Gasteiger partial charge in [-0.1, -0.05) is 22.0 Å². The van der Waals surface area contributed by atoms with E-state index in [0.29, 0.717) is 10.0 Å². The number of carbonyl (C=O) groups is 1. The van der Waals surface area contributed by atoms with Crippen LogP contribution in [-0.4, -0.2) is 23.4 Å². The molecule has 0 bridgehead atoms. The van der Waals surface area contributed by atoms with Crippen LogP contribution in [0.3, 0.4) is 0 Å². The quantitative estimate of drug-likeness (QED) is 0.919. The molecule has 1 rings (SSSR count). The molecule has 0 saturated carbocycles. The fourth-order valence-corrected chi connectivity index (χ4v) is 1.60. The van der Waals surface area contributed by atoms with Crippen molar-refractivity contribution in [2.24, 2.45) is 0 Å². The van der Waals surface area contributed by atoms with Gasteiger partial charge in [0.15, 0.2) is 6.10 Å². The first-order valence-electron chi connectivity index (χ1n) is 4.92. The molecule has 0 heterocycles. The maximum absolute atomic E-state index is 12.2. The highest BCUT2D eigenvalue weighted by Gasteiger charge is 2.36. The lowest BCUT2D eigenvalue weighted by Gasteiger charge is -2.16. The fraction of sp³-hybridized carbons (Fsp3) is 0.364. The minimum atomic E-state index is -4.41. The molecular weight excluding hydrogens is 317 g/mol. The summed E-state index contributed by atoms with van der Waals surface area (Å²) in [5.74, 6) is -1.10. The number of carboxylic acid groups (broad SMARTS) is 1. The van der Waals surface area contributed by atoms with Gasteiger partial charge in [-0.15, -0.1) is 0 Å². The van der Waals surface area contributed by atoms with Crippen LogP contribution in [0, 0.1) is 0 Å². The average molecular weight is 327 g/mol. The molecule has 0 amide bonds. The van der Waals surface area contributed by atoms with Crippen LogP contribution < -0.4 is 0 Å². The lowest BCUT2D eigenvalue weighted by molar-refractivity contribution is -0.217. The predicted octanol–water partition coefficient (Wildman–Crippen LogP) is 3.61. The first-order valence-corrected chi connectivity index (χ1v) is 5.71. The van der Waals surface area contributed by atoms with Gasteiger partial charge in [0, 0.05) is 4.47 Å². The lowest BCUT2D eigenvalue weighted by atomic mass is 10.1. The summed E-state index contributed by atoms with van der Waals surface area (Å²) in [5.41, 5.74) is 0.505. The number of carboxylic acids is 1. The molecular formula is C11H10BrF3O3. The Morgan fingerprint density at radius 3 is 2.56 bits per heavy atom. The molecule has 0 aliphatic rings. The summed E-state index contributed by atoms with van der Waals surface area (Å²) in [6, 6.07) is 4.04. The Labute approximate surface area is 110 Å². The highest BCUT2D eigenvalue weighted by molar-refractivity contribution is 9.10. The third-order valence-electron chi connectivity index (χ3n) is 2.25. The molecule has 1 unspecified atom stereocenters. The molecule has 0 radical (unpaired) electrons. The van der Waals surface area contributed by atoms with Crippen LogP contribution in [0.4, 0.5) is 13.2 Å². The van der Waals surface area contributed by atoms with Crippen LogP contribution >= 0.6 is 15.9 Å². The molecule has 1 aromatic carbocycles. The molecule has 100 valence electrons. The van der Waals surface area contributed by atoms with Crippen molar-refractivity contribution in [1.29, 1.82) is 0 Å². The summed E-state index contributed by atoms with van der Waals surface area (Å²) in [4.78, 5) is 10.7. The average Bonchev–Trinajstić information content (AvgIpc) is 2.25. The Kier molecular flexibility index (Phi) is 4.75. The molecule has 0 aliphatic heterocycles. The Morgan fingerprint density at radius 2 is 2.11 bits per heavy atom. The number of halogens is 4. The van der Waals surface area contributed by atoms with Gasteiger partial charge < -0.3 is 9.84 Å². The third-order valence-corrected chi connectivity index (χ3v) is 2.99. The molecule has 1 atom stereocenters. The van der Waals surface area contributed by atoms with Crippen LogP contribution in [0.15, 0.2) is 22.7 Å². The van der Waals surface area contributed by atoms with Crippen LogP contribution in [0.5, 0.6) is 0 Å². The topological polar surface area (TPSA) is 46.5 Å². The van der Waals surface area contributed by atoms with Gasteiger partial charge in [0.1, 0.15) is 0 Å². The van der Waals surface area contributed by atoms with Gasteiger partial charge in [0.25, 0.3) is 0 Å². The van der Waals surface area contributed by atoms with Crippen LogP contribution in [0.25, 0.3) is 0 Å². The number of rotatable bonds is 4. The van der Waals surface area contributed by atoms with E-state index in [4.69, 9.17) is 5.11 Å². The normalized spacial score (nSPS) is 13.4. The van der Waals surface area contributed by atoms with Gasteiger partial charge in [-0.2, -0.15) is 13.2 Å². The monoisotopic (exact) mass is 326 g/mol. The zero-order valence-corrected chi connectivity index (χ0v) is 10.9. The molecule has 3 nitrogen and oxygen atoms in total. The first-order chi connectivity index (χ1) is 8.21. The Morgan fingerprint density at radius 1 is 1.50 bits per heavy atom. The Bertz CT molecular complexity index is 446. The van der Waals surface area contributed by atoms with Crippen LogP contribution in [0.1, 0.15) is 22.8 Å². The molecule has 0 aromatic heterocycles. The molecule has 18 heavy (non-hydrogen) atoms. The van der Waals surface area contributed by atoms with Crippen molar-refractivity contribution in [2.75, 3.05) is 0 Å². The van der Waals surface area contributed by atoms with Crippen molar-refractivity contribution in [3.8, 4) is 0 Å². The smallest absolute Gasteiger partial charge is 0.414 e. The van der Waals surface area contributed by atoms with E-state index in [9.17, 15) is 18.0 Å². The fourth-order valence-electron chi connectivity index (χ4n) is 1.11. The van der Waals surface area contributed by atoms with Gasteiger partial charge >= 0.3 is 12.1 Å². The van der Waals surface area contributed by atoms with Crippen molar-refractivity contribution >= 4 is 21.9 Å². The van der Waals surface area contributed by atoms with Crippen molar-refractivity contribution in [3.63, 3.8) is 0 Å². The molecule has 7 heteroatoms. The predicted molar refractivity (Wildman–Crippen MR) is 61.4 cm³/mol. The molecule has 1 aromatic rings. The highest BCUT2D eigenvalue weighted by Crippen LogP contribution is 2.25. The van der Waals surface area contributed by atoms with E-state index in [1.54, 1.807) is 0 Å². The van der Waals surface area contributed by atoms with E-state index < -0.39 is 18.2 Å². The summed E-state index contributed by atoms with van der Waals surface area (Å²) in [5, 5.41) is 8.72. The second-order valence-electron chi connectivity index (χ2n) is 3.61. The molecule has 0 spiro atoms. The number of benzene rings is 1. The van der Waals surface area contributed by atoms with Gasteiger partial charge in [0.05, 0.1) is 12.2 Å². The lowest BCUT2D eigenvalue weighted by Crippen LogP contribution is -2.28. The highest BCUT2D eigenvalue weighted by atomic mass is 79.9. The SMILES string of the molecule is CC(OCc1ccc(C(=O)O)cc1Br)C(F)(F)F. The number of alkyl halides is 3. The van der Waals surface area contributed by atoms with Crippen LogP contribution in [0.2, 0.25) is 0 Å². The van der Waals surface area contributed by atoms with Gasteiger partial charge in [-0.3, -0.25) is 0 Å². The molecule has 0 aliphatic carbocycles. The van der Waals surface area contributed by atoms with Crippen molar-refractivity contribution in [3.05, 3.63) is 33.8 Å². The first kappa shape index (κ1) is 15.0. The minimum Gasteiger partial charge on any atom is -0.478 e. The van der Waals surface area contributed by atoms with Gasteiger partial charge in [-0.05, 0) is 24.6 Å². The molecule has 0 saturated heterocycles. The van der Waals surface area contributed by atoms with Gasteiger partial charge in [0.2, 0.25) is 0 Å². The summed E-state index contributed by atoms with van der Waals surface area (Å²) < 4.78 is 41.7. The second kappa shape index (κ2) is 5.71. The van der Waals surface area contributed by atoms with E-state index >= 15 is 0 Å². The van der Waals surface area contributed by atoms with Crippen molar-refractivity contribution in [1.82, 2.24) is 0 Å². The van der Waals surface area contributed by atoms with E-state index in [1.165, 1.54) is 18.2 Å². The second-order valence-corrected chi connectivity index (χ2v) is 4.46. The van der Waals surface area contributed by atoms with E-state index in [0.717, 1.165) is 6.92 Å². The summed E-state index contributed by atoms with van der Waals surface area (Å²) >= 11 is 3.09. The zero-order valence-electron chi connectivity index (χ0n) is 9.29. The third kappa shape index (κ3) is 3.99. The molecule has 0 fully saturated rings. The number of ether oxygens (including phenoxy) is 1. The van der Waals surface area contributed by atoms with E-state index in [-0.39, 0.29) is 12.2 Å². The summed E-state index contributed by atoms with van der Waals surface area (Å²) in [6.07, 6.45) is -6.28. The standard InChI is InChI=1S/C11H10BrF3O3/c1-6(11(13,14)15)18-5-8-3-2-7(10(16)17)4-9(8)12/h2-4,6H,5H2,1H3,(H,16,17). The summed E-state index contributed by atoms with van der Waals surface area (Å²) in [7, 11) is 0. The minimum absolute atomic E-state index is 0.0505. The van der Waals surface area contributed by atoms with Crippen molar-refractivity contribution in [2.45, 2.75) is 25.8 Å². The maximum atomic E-state index is 12.2. The number of hydrogen-bond donors (Lipinski definition) is 1. The zero-order chi connectivity index (χ0) is 13.9. The van der Waals surface area contributed by atoms with E-state index in [1.807, 2.05) is 0 Å². The number of hydrogen-bond acceptors (Lipinski definition) is 2. The van der Waals surface area contributed by atoms with E-state index in [2.05, 4.69) is 20.7 Å².